The second kappa shape index (κ2) is 8.42. The third-order valence-corrected chi connectivity index (χ3v) is 6.22. The van der Waals surface area contributed by atoms with Crippen molar-refractivity contribution in [2.45, 2.75) is 32.1 Å². The number of halogens is 1. The maximum Gasteiger partial charge on any atom is 0.253 e. The minimum Gasteiger partial charge on any atom is -0.340 e. The number of nitrogens with zero attached hydrogens (tertiary/aromatic N) is 5. The zero-order chi connectivity index (χ0) is 20.4. The maximum absolute atomic E-state index is 14.1. The summed E-state index contributed by atoms with van der Waals surface area (Å²) in [7, 11) is 1.79. The molecule has 1 amide bonds. The lowest BCUT2D eigenvalue weighted by atomic mass is 10.1. The van der Waals surface area contributed by atoms with E-state index in [1.807, 2.05) is 30.5 Å². The first-order valence-electron chi connectivity index (χ1n) is 9.63. The standard InChI is InChI=1S/C21H24FN5OS/c1-15-8-16(5-6-20(15)27-14-23-13-24-27)21(28)25(2)11-18-9-17(22)10-26(18)12-19-4-3-7-29-19/h3-8,13-14,17-18H,9-12H2,1-2H3/t17-,18-/m0/s1. The lowest BCUT2D eigenvalue weighted by Gasteiger charge is -2.28. The average Bonchev–Trinajstić information content (AvgIpc) is 3.45. The Morgan fingerprint density at radius 1 is 1.38 bits per heavy atom. The van der Waals surface area contributed by atoms with Crippen molar-refractivity contribution in [2.75, 3.05) is 20.1 Å². The van der Waals surface area contributed by atoms with Crippen molar-refractivity contribution in [2.24, 2.45) is 0 Å². The van der Waals surface area contributed by atoms with E-state index in [2.05, 4.69) is 21.0 Å². The maximum atomic E-state index is 14.1. The summed E-state index contributed by atoms with van der Waals surface area (Å²) in [6, 6.07) is 9.66. The highest BCUT2D eigenvalue weighted by molar-refractivity contribution is 7.09. The van der Waals surface area contributed by atoms with Gasteiger partial charge in [-0.05, 0) is 48.6 Å². The highest BCUT2D eigenvalue weighted by atomic mass is 32.1. The normalized spacial score (nSPS) is 19.6. The molecule has 0 aliphatic carbocycles. The Labute approximate surface area is 173 Å². The molecule has 0 N–H and O–H groups in total. The Balaban J connectivity index is 1.44. The van der Waals surface area contributed by atoms with Gasteiger partial charge < -0.3 is 4.90 Å². The molecule has 29 heavy (non-hydrogen) atoms. The summed E-state index contributed by atoms with van der Waals surface area (Å²) in [5.41, 5.74) is 2.45. The third-order valence-electron chi connectivity index (χ3n) is 5.36. The van der Waals surface area contributed by atoms with Crippen LogP contribution in [-0.4, -0.2) is 62.8 Å². The summed E-state index contributed by atoms with van der Waals surface area (Å²) in [6.07, 6.45) is 2.74. The Kier molecular flexibility index (Phi) is 5.73. The van der Waals surface area contributed by atoms with Gasteiger partial charge in [0.15, 0.2) is 0 Å². The van der Waals surface area contributed by atoms with Gasteiger partial charge in [-0.15, -0.1) is 11.3 Å². The monoisotopic (exact) mass is 413 g/mol. The number of likely N-dealkylation sites (N-methyl/N-ethyl adjacent to an activating group) is 1. The molecule has 8 heteroatoms. The topological polar surface area (TPSA) is 54.3 Å². The molecule has 152 valence electrons. The summed E-state index contributed by atoms with van der Waals surface area (Å²) in [5, 5.41) is 6.18. The van der Waals surface area contributed by atoms with E-state index < -0.39 is 6.17 Å². The van der Waals surface area contributed by atoms with Crippen LogP contribution in [0.25, 0.3) is 5.69 Å². The lowest BCUT2D eigenvalue weighted by molar-refractivity contribution is 0.0750. The molecule has 4 rings (SSSR count). The number of amides is 1. The minimum atomic E-state index is -0.840. The first kappa shape index (κ1) is 19.7. The van der Waals surface area contributed by atoms with Gasteiger partial charge in [-0.3, -0.25) is 9.69 Å². The van der Waals surface area contributed by atoms with Gasteiger partial charge in [0, 0.05) is 43.2 Å². The van der Waals surface area contributed by atoms with E-state index >= 15 is 0 Å². The Bertz CT molecular complexity index is 960. The number of aromatic nitrogens is 3. The fourth-order valence-electron chi connectivity index (χ4n) is 3.91. The molecule has 1 aliphatic rings. The van der Waals surface area contributed by atoms with Gasteiger partial charge in [0.05, 0.1) is 5.69 Å². The van der Waals surface area contributed by atoms with Crippen LogP contribution in [0.1, 0.15) is 27.2 Å². The fraction of sp³-hybridized carbons (Fsp3) is 0.381. The smallest absolute Gasteiger partial charge is 0.253 e. The van der Waals surface area contributed by atoms with Crippen molar-refractivity contribution in [1.82, 2.24) is 24.6 Å². The molecule has 2 atom stereocenters. The molecule has 1 fully saturated rings. The van der Waals surface area contributed by atoms with Crippen LogP contribution in [0.15, 0.2) is 48.4 Å². The van der Waals surface area contributed by atoms with Gasteiger partial charge in [-0.2, -0.15) is 5.10 Å². The highest BCUT2D eigenvalue weighted by Gasteiger charge is 2.33. The van der Waals surface area contributed by atoms with Crippen LogP contribution in [0.4, 0.5) is 4.39 Å². The third kappa shape index (κ3) is 4.38. The molecular weight excluding hydrogens is 389 g/mol. The molecule has 6 nitrogen and oxygen atoms in total. The van der Waals surface area contributed by atoms with Gasteiger partial charge in [-0.1, -0.05) is 6.07 Å². The molecule has 0 saturated carbocycles. The first-order valence-corrected chi connectivity index (χ1v) is 10.5. The van der Waals surface area contributed by atoms with E-state index in [0.29, 0.717) is 25.1 Å². The van der Waals surface area contributed by atoms with Gasteiger partial charge in [0.1, 0.15) is 18.8 Å². The van der Waals surface area contributed by atoms with E-state index in [1.165, 1.54) is 11.2 Å². The number of benzene rings is 1. The summed E-state index contributed by atoms with van der Waals surface area (Å²) >= 11 is 1.68. The molecule has 2 aromatic heterocycles. The molecule has 0 bridgehead atoms. The second-order valence-corrected chi connectivity index (χ2v) is 8.55. The summed E-state index contributed by atoms with van der Waals surface area (Å²) in [5.74, 6) is -0.0587. The predicted molar refractivity (Wildman–Crippen MR) is 111 cm³/mol. The summed E-state index contributed by atoms with van der Waals surface area (Å²) < 4.78 is 15.8. The van der Waals surface area contributed by atoms with Crippen LogP contribution in [0.3, 0.4) is 0 Å². The van der Waals surface area contributed by atoms with Crippen molar-refractivity contribution < 1.29 is 9.18 Å². The number of rotatable bonds is 6. The van der Waals surface area contributed by atoms with E-state index in [1.54, 1.807) is 40.4 Å². The Morgan fingerprint density at radius 2 is 2.24 bits per heavy atom. The number of hydrogen-bond donors (Lipinski definition) is 0. The fourth-order valence-corrected chi connectivity index (χ4v) is 4.64. The van der Waals surface area contributed by atoms with Crippen molar-refractivity contribution in [3.8, 4) is 5.69 Å². The first-order chi connectivity index (χ1) is 14.0. The lowest BCUT2D eigenvalue weighted by Crippen LogP contribution is -2.40. The number of hydrogen-bond acceptors (Lipinski definition) is 5. The van der Waals surface area contributed by atoms with Crippen molar-refractivity contribution >= 4 is 17.2 Å². The number of likely N-dealkylation sites (tertiary alicyclic amines) is 1. The SMILES string of the molecule is Cc1cc(C(=O)N(C)C[C@@H]2C[C@H](F)CN2Cc2cccs2)ccc1-n1cncn1. The Morgan fingerprint density at radius 3 is 2.93 bits per heavy atom. The molecule has 0 radical (unpaired) electrons. The zero-order valence-electron chi connectivity index (χ0n) is 16.5. The van der Waals surface area contributed by atoms with Gasteiger partial charge >= 0.3 is 0 Å². The van der Waals surface area contributed by atoms with Crippen molar-refractivity contribution in [1.29, 1.82) is 0 Å². The average molecular weight is 414 g/mol. The van der Waals surface area contributed by atoms with Crippen molar-refractivity contribution in [3.63, 3.8) is 0 Å². The number of carbonyl (C=O) groups is 1. The largest absolute Gasteiger partial charge is 0.340 e. The van der Waals surface area contributed by atoms with E-state index in [9.17, 15) is 9.18 Å². The minimum absolute atomic E-state index is 0.0246. The number of carbonyl (C=O) groups excluding carboxylic acids is 1. The molecule has 1 aliphatic heterocycles. The molecule has 0 unspecified atom stereocenters. The number of alkyl halides is 1. The zero-order valence-corrected chi connectivity index (χ0v) is 17.3. The van der Waals surface area contributed by atoms with Crippen LogP contribution in [0.5, 0.6) is 0 Å². The van der Waals surface area contributed by atoms with Gasteiger partial charge in [-0.25, -0.2) is 14.1 Å². The Hall–Kier alpha value is -2.58. The van der Waals surface area contributed by atoms with Crippen LogP contribution < -0.4 is 0 Å². The quantitative estimate of drug-likeness (QED) is 0.622. The number of thiophene rings is 1. The van der Waals surface area contributed by atoms with Gasteiger partial charge in [0.2, 0.25) is 0 Å². The van der Waals surface area contributed by atoms with Crippen LogP contribution >= 0.6 is 11.3 Å². The van der Waals surface area contributed by atoms with Crippen LogP contribution in [0.2, 0.25) is 0 Å². The predicted octanol–water partition coefficient (Wildman–Crippen LogP) is 3.32. The van der Waals surface area contributed by atoms with E-state index in [-0.39, 0.29) is 11.9 Å². The molecule has 3 aromatic rings. The summed E-state index contributed by atoms with van der Waals surface area (Å²) in [4.78, 5) is 22.0. The molecule has 1 aromatic carbocycles. The molecular formula is C21H24FN5OS. The van der Waals surface area contributed by atoms with Gasteiger partial charge in [0.25, 0.3) is 5.91 Å². The number of aryl methyl sites for hydroxylation is 1. The van der Waals surface area contributed by atoms with E-state index in [0.717, 1.165) is 17.8 Å². The van der Waals surface area contributed by atoms with Crippen LogP contribution in [-0.2, 0) is 6.54 Å². The summed E-state index contributed by atoms with van der Waals surface area (Å²) in [6.45, 7) is 3.61. The molecule has 1 saturated heterocycles. The second-order valence-electron chi connectivity index (χ2n) is 7.52. The molecule has 3 heterocycles. The van der Waals surface area contributed by atoms with E-state index in [4.69, 9.17) is 0 Å². The highest BCUT2D eigenvalue weighted by Crippen LogP contribution is 2.25. The van der Waals surface area contributed by atoms with Crippen LogP contribution in [0, 0.1) is 6.92 Å². The van der Waals surface area contributed by atoms with Crippen molar-refractivity contribution in [3.05, 3.63) is 64.4 Å². The molecule has 0 spiro atoms.